The zero-order chi connectivity index (χ0) is 20.8. The number of thiazole rings is 1. The number of rotatable bonds is 2. The van der Waals surface area contributed by atoms with E-state index in [1.807, 2.05) is 4.52 Å². The molecule has 0 saturated carbocycles. The first-order valence-corrected chi connectivity index (χ1v) is 10.2. The van der Waals surface area contributed by atoms with Gasteiger partial charge < -0.3 is 10.2 Å². The van der Waals surface area contributed by atoms with Crippen molar-refractivity contribution in [3.63, 3.8) is 0 Å². The highest BCUT2D eigenvalue weighted by molar-refractivity contribution is 7.17. The first-order valence-electron chi connectivity index (χ1n) is 9.43. The fourth-order valence-electron chi connectivity index (χ4n) is 3.46. The minimum absolute atomic E-state index is 0.269. The van der Waals surface area contributed by atoms with E-state index in [4.69, 9.17) is 0 Å². The van der Waals surface area contributed by atoms with Gasteiger partial charge in [0.15, 0.2) is 5.82 Å². The predicted molar refractivity (Wildman–Crippen MR) is 111 cm³/mol. The summed E-state index contributed by atoms with van der Waals surface area (Å²) in [5.41, 5.74) is 2.75. The number of amides is 2. The average Bonchev–Trinajstić information content (AvgIpc) is 3.28. The third-order valence-corrected chi connectivity index (χ3v) is 6.19. The average molecular weight is 425 g/mol. The molecule has 2 aromatic carbocycles. The Kier molecular flexibility index (Phi) is 4.47. The Balaban J connectivity index is 1.35. The maximum atomic E-state index is 13.7. The molecule has 9 heteroatoms. The highest BCUT2D eigenvalue weighted by atomic mass is 32.1. The SMILES string of the molecule is Cc1ccc(NC(=O)N2CCc3c(sc4nc(-c5ccc(F)cc5)nn34)C2)cc1F. The number of carbonyl (C=O) groups is 1. The summed E-state index contributed by atoms with van der Waals surface area (Å²) in [5.74, 6) is -0.106. The summed E-state index contributed by atoms with van der Waals surface area (Å²) < 4.78 is 28.7. The highest BCUT2D eigenvalue weighted by Gasteiger charge is 2.26. The third kappa shape index (κ3) is 3.30. The molecule has 3 heterocycles. The van der Waals surface area contributed by atoms with Crippen molar-refractivity contribution in [1.82, 2.24) is 19.5 Å². The lowest BCUT2D eigenvalue weighted by molar-refractivity contribution is 0.206. The van der Waals surface area contributed by atoms with Crippen LogP contribution in [0.25, 0.3) is 16.3 Å². The predicted octanol–water partition coefficient (Wildman–Crippen LogP) is 4.63. The number of anilines is 1. The van der Waals surface area contributed by atoms with Crippen molar-refractivity contribution in [1.29, 1.82) is 0 Å². The number of carbonyl (C=O) groups excluding carboxylic acids is 1. The van der Waals surface area contributed by atoms with Crippen molar-refractivity contribution in [3.8, 4) is 11.4 Å². The van der Waals surface area contributed by atoms with Gasteiger partial charge in [0.1, 0.15) is 11.6 Å². The van der Waals surface area contributed by atoms with E-state index in [-0.39, 0.29) is 17.7 Å². The van der Waals surface area contributed by atoms with E-state index in [0.717, 1.165) is 21.1 Å². The summed E-state index contributed by atoms with van der Waals surface area (Å²) in [7, 11) is 0. The summed E-state index contributed by atoms with van der Waals surface area (Å²) in [4.78, 5) is 20.6. The first-order chi connectivity index (χ1) is 14.5. The standard InChI is InChI=1S/C21H17F2N5OS/c1-12-2-7-15(10-16(12)23)24-20(29)27-9-8-17-18(11-27)30-21-25-19(26-28(17)21)13-3-5-14(22)6-4-13/h2-7,10H,8-9,11H2,1H3,(H,24,29). The van der Waals surface area contributed by atoms with Crippen molar-refractivity contribution in [2.24, 2.45) is 0 Å². The van der Waals surface area contributed by atoms with Crippen LogP contribution in [0.4, 0.5) is 19.3 Å². The molecule has 5 rings (SSSR count). The minimum atomic E-state index is -0.351. The molecule has 4 aromatic rings. The number of nitrogens with zero attached hydrogens (tertiary/aromatic N) is 4. The Morgan fingerprint density at radius 2 is 1.97 bits per heavy atom. The molecule has 1 N–H and O–H groups in total. The lowest BCUT2D eigenvalue weighted by Gasteiger charge is -2.26. The molecule has 0 radical (unpaired) electrons. The van der Waals surface area contributed by atoms with E-state index in [0.29, 0.717) is 36.6 Å². The summed E-state index contributed by atoms with van der Waals surface area (Å²) in [5, 5.41) is 7.33. The normalized spacial score (nSPS) is 13.5. The largest absolute Gasteiger partial charge is 0.322 e. The summed E-state index contributed by atoms with van der Waals surface area (Å²) in [6, 6.07) is 10.5. The number of aryl methyl sites for hydroxylation is 1. The zero-order valence-electron chi connectivity index (χ0n) is 16.0. The Bertz CT molecular complexity index is 1260. The number of urea groups is 1. The molecule has 0 unspecified atom stereocenters. The summed E-state index contributed by atoms with van der Waals surface area (Å²) in [6.45, 7) is 2.64. The summed E-state index contributed by atoms with van der Waals surface area (Å²) >= 11 is 1.48. The highest BCUT2D eigenvalue weighted by Crippen LogP contribution is 2.30. The van der Waals surface area contributed by atoms with Crippen LogP contribution in [0, 0.1) is 18.6 Å². The van der Waals surface area contributed by atoms with Gasteiger partial charge in [-0.1, -0.05) is 17.4 Å². The Hall–Kier alpha value is -3.33. The van der Waals surface area contributed by atoms with Gasteiger partial charge in [-0.25, -0.2) is 18.1 Å². The smallest absolute Gasteiger partial charge is 0.319 e. The Labute approximate surface area is 174 Å². The van der Waals surface area contributed by atoms with Crippen LogP contribution in [-0.2, 0) is 13.0 Å². The zero-order valence-corrected chi connectivity index (χ0v) is 16.8. The molecule has 2 aromatic heterocycles. The van der Waals surface area contributed by atoms with Crippen LogP contribution in [0.1, 0.15) is 16.1 Å². The van der Waals surface area contributed by atoms with E-state index in [1.165, 1.54) is 29.5 Å². The van der Waals surface area contributed by atoms with Crippen molar-refractivity contribution < 1.29 is 13.6 Å². The van der Waals surface area contributed by atoms with Gasteiger partial charge >= 0.3 is 6.03 Å². The molecule has 1 aliphatic heterocycles. The molecule has 152 valence electrons. The number of benzene rings is 2. The number of aromatic nitrogens is 3. The molecular formula is C21H17F2N5OS. The van der Waals surface area contributed by atoms with Crippen LogP contribution in [0.2, 0.25) is 0 Å². The van der Waals surface area contributed by atoms with E-state index in [9.17, 15) is 13.6 Å². The van der Waals surface area contributed by atoms with E-state index in [2.05, 4.69) is 15.4 Å². The maximum Gasteiger partial charge on any atom is 0.322 e. The number of fused-ring (bicyclic) bond motifs is 3. The van der Waals surface area contributed by atoms with Gasteiger partial charge in [0, 0.05) is 29.1 Å². The lowest BCUT2D eigenvalue weighted by Crippen LogP contribution is -2.38. The van der Waals surface area contributed by atoms with Gasteiger partial charge in [0.05, 0.1) is 12.2 Å². The molecule has 1 aliphatic rings. The third-order valence-electron chi connectivity index (χ3n) is 5.14. The quantitative estimate of drug-likeness (QED) is 0.509. The number of nitrogens with one attached hydrogen (secondary N) is 1. The maximum absolute atomic E-state index is 13.7. The molecule has 0 aliphatic carbocycles. The Morgan fingerprint density at radius 1 is 1.17 bits per heavy atom. The number of hydrogen-bond acceptors (Lipinski definition) is 4. The molecule has 0 atom stereocenters. The molecule has 6 nitrogen and oxygen atoms in total. The topological polar surface area (TPSA) is 62.5 Å². The molecule has 0 fully saturated rings. The van der Waals surface area contributed by atoms with Gasteiger partial charge in [-0.15, -0.1) is 5.10 Å². The second-order valence-electron chi connectivity index (χ2n) is 7.17. The molecular weight excluding hydrogens is 408 g/mol. The molecule has 30 heavy (non-hydrogen) atoms. The van der Waals surface area contributed by atoms with Gasteiger partial charge in [0.2, 0.25) is 4.96 Å². The minimum Gasteiger partial charge on any atom is -0.319 e. The fraction of sp³-hybridized carbons (Fsp3) is 0.190. The van der Waals surface area contributed by atoms with Gasteiger partial charge in [0.25, 0.3) is 0 Å². The van der Waals surface area contributed by atoms with Crippen molar-refractivity contribution in [2.75, 3.05) is 11.9 Å². The van der Waals surface area contributed by atoms with Crippen LogP contribution in [0.15, 0.2) is 42.5 Å². The van der Waals surface area contributed by atoms with Crippen molar-refractivity contribution in [3.05, 3.63) is 70.2 Å². The van der Waals surface area contributed by atoms with E-state index >= 15 is 0 Å². The first kappa shape index (κ1) is 18.7. The Morgan fingerprint density at radius 3 is 2.73 bits per heavy atom. The molecule has 0 spiro atoms. The lowest BCUT2D eigenvalue weighted by atomic mass is 10.2. The van der Waals surface area contributed by atoms with Crippen molar-refractivity contribution in [2.45, 2.75) is 19.9 Å². The van der Waals surface area contributed by atoms with Crippen LogP contribution < -0.4 is 5.32 Å². The second kappa shape index (κ2) is 7.17. The van der Waals surface area contributed by atoms with Crippen LogP contribution in [0.5, 0.6) is 0 Å². The van der Waals surface area contributed by atoms with E-state index in [1.54, 1.807) is 36.1 Å². The van der Waals surface area contributed by atoms with Gasteiger partial charge in [-0.3, -0.25) is 0 Å². The summed E-state index contributed by atoms with van der Waals surface area (Å²) in [6.07, 6.45) is 0.636. The van der Waals surface area contributed by atoms with Crippen LogP contribution >= 0.6 is 11.3 Å². The molecule has 0 saturated heterocycles. The van der Waals surface area contributed by atoms with Gasteiger partial charge in [-0.2, -0.15) is 4.98 Å². The van der Waals surface area contributed by atoms with E-state index < -0.39 is 0 Å². The van der Waals surface area contributed by atoms with Gasteiger partial charge in [-0.05, 0) is 48.9 Å². The number of hydrogen-bond donors (Lipinski definition) is 1. The van der Waals surface area contributed by atoms with Crippen molar-refractivity contribution >= 4 is 28.0 Å². The monoisotopic (exact) mass is 425 g/mol. The number of halogens is 2. The fourth-order valence-corrected chi connectivity index (χ4v) is 4.57. The van der Waals surface area contributed by atoms with Crippen LogP contribution in [-0.4, -0.2) is 32.1 Å². The molecule has 0 bridgehead atoms. The second-order valence-corrected chi connectivity index (χ2v) is 8.24. The molecule has 2 amide bonds. The van der Waals surface area contributed by atoms with Crippen LogP contribution in [0.3, 0.4) is 0 Å².